The highest BCUT2D eigenvalue weighted by molar-refractivity contribution is 7.92. The molecule has 2 aromatic carbocycles. The van der Waals surface area contributed by atoms with Gasteiger partial charge in [-0.05, 0) is 36.2 Å². The Kier molecular flexibility index (Phi) is 8.17. The summed E-state index contributed by atoms with van der Waals surface area (Å²) < 4.78 is 32.6. The number of rotatable bonds is 10. The van der Waals surface area contributed by atoms with E-state index in [9.17, 15) is 18.0 Å². The molecule has 0 aliphatic rings. The maximum absolute atomic E-state index is 13.2. The Balaban J connectivity index is 2.19. The number of benzene rings is 2. The minimum atomic E-state index is -3.95. The Morgan fingerprint density at radius 1 is 1.13 bits per heavy atom. The summed E-state index contributed by atoms with van der Waals surface area (Å²) in [6.45, 7) is 7.63. The molecule has 0 fully saturated rings. The van der Waals surface area contributed by atoms with Gasteiger partial charge in [-0.2, -0.15) is 0 Å². The number of nitrogens with one attached hydrogen (secondary N) is 1. The van der Waals surface area contributed by atoms with Crippen molar-refractivity contribution in [3.63, 3.8) is 0 Å². The highest BCUT2D eigenvalue weighted by Crippen LogP contribution is 2.24. The number of hydrogen-bond acceptors (Lipinski definition) is 5. The zero-order chi connectivity index (χ0) is 22.1. The maximum Gasteiger partial charge on any atom is 0.338 e. The molecule has 1 N–H and O–H groups in total. The summed E-state index contributed by atoms with van der Waals surface area (Å²) in [7, 11) is -3.95. The molecular formula is C22H26N2O5S. The van der Waals surface area contributed by atoms with Crippen molar-refractivity contribution in [1.29, 1.82) is 0 Å². The molecule has 0 heterocycles. The molecule has 30 heavy (non-hydrogen) atoms. The molecule has 8 heteroatoms. The molecule has 0 aliphatic carbocycles. The summed E-state index contributed by atoms with van der Waals surface area (Å²) in [5.74, 6) is -0.918. The van der Waals surface area contributed by atoms with Crippen LogP contribution in [0.3, 0.4) is 0 Å². The van der Waals surface area contributed by atoms with Crippen molar-refractivity contribution in [2.24, 2.45) is 5.92 Å². The van der Waals surface area contributed by atoms with Crippen molar-refractivity contribution in [2.75, 3.05) is 24.0 Å². The van der Waals surface area contributed by atoms with Gasteiger partial charge in [0.2, 0.25) is 0 Å². The zero-order valence-corrected chi connectivity index (χ0v) is 17.9. The summed E-state index contributed by atoms with van der Waals surface area (Å²) in [4.78, 5) is 24.0. The number of esters is 1. The summed E-state index contributed by atoms with van der Waals surface area (Å²) in [5, 5.41) is 2.64. The van der Waals surface area contributed by atoms with Crippen LogP contribution in [0, 0.1) is 5.92 Å². The monoisotopic (exact) mass is 430 g/mol. The molecule has 7 nitrogen and oxygen atoms in total. The van der Waals surface area contributed by atoms with E-state index in [-0.39, 0.29) is 22.9 Å². The second-order valence-electron chi connectivity index (χ2n) is 6.96. The van der Waals surface area contributed by atoms with Gasteiger partial charge < -0.3 is 10.1 Å². The van der Waals surface area contributed by atoms with Gasteiger partial charge >= 0.3 is 5.97 Å². The largest absolute Gasteiger partial charge is 0.452 e. The molecule has 160 valence electrons. The molecule has 0 saturated carbocycles. The van der Waals surface area contributed by atoms with E-state index in [1.54, 1.807) is 30.3 Å². The molecule has 0 saturated heterocycles. The van der Waals surface area contributed by atoms with Crippen molar-refractivity contribution < 1.29 is 22.7 Å². The molecule has 0 atom stereocenters. The number of para-hydroxylation sites is 1. The fourth-order valence-electron chi connectivity index (χ4n) is 2.55. The van der Waals surface area contributed by atoms with Gasteiger partial charge in [-0.25, -0.2) is 13.2 Å². The highest BCUT2D eigenvalue weighted by atomic mass is 32.2. The average molecular weight is 431 g/mol. The Morgan fingerprint density at radius 3 is 2.47 bits per heavy atom. The SMILES string of the molecule is C=CCN(c1ccccc1)S(=O)(=O)c1cccc(C(=O)OCC(=O)NCC(C)C)c1. The Labute approximate surface area is 177 Å². The number of hydrogen-bond donors (Lipinski definition) is 1. The number of nitrogens with zero attached hydrogens (tertiary/aromatic N) is 1. The Hall–Kier alpha value is -3.13. The topological polar surface area (TPSA) is 92.8 Å². The predicted octanol–water partition coefficient (Wildman–Crippen LogP) is 3.00. The smallest absolute Gasteiger partial charge is 0.338 e. The molecule has 0 spiro atoms. The second kappa shape index (κ2) is 10.6. The Morgan fingerprint density at radius 2 is 1.83 bits per heavy atom. The number of carbonyl (C=O) groups is 2. The van der Waals surface area contributed by atoms with E-state index < -0.39 is 28.5 Å². The van der Waals surface area contributed by atoms with Gasteiger partial charge in [0.15, 0.2) is 6.61 Å². The molecule has 0 radical (unpaired) electrons. The van der Waals surface area contributed by atoms with Crippen molar-refractivity contribution >= 4 is 27.6 Å². The van der Waals surface area contributed by atoms with Gasteiger partial charge in [0.05, 0.1) is 22.7 Å². The van der Waals surface area contributed by atoms with Gasteiger partial charge in [0.1, 0.15) is 0 Å². The first-order chi connectivity index (χ1) is 14.3. The van der Waals surface area contributed by atoms with Crippen LogP contribution in [0.4, 0.5) is 5.69 Å². The van der Waals surface area contributed by atoms with Gasteiger partial charge in [0.25, 0.3) is 15.9 Å². The van der Waals surface area contributed by atoms with Crippen LogP contribution in [0.5, 0.6) is 0 Å². The molecule has 2 rings (SSSR count). The average Bonchev–Trinajstić information content (AvgIpc) is 2.74. The van der Waals surface area contributed by atoms with Gasteiger partial charge in [0, 0.05) is 6.54 Å². The van der Waals surface area contributed by atoms with Gasteiger partial charge in [-0.15, -0.1) is 6.58 Å². The molecule has 0 aromatic heterocycles. The van der Waals surface area contributed by atoms with Crippen LogP contribution in [0.1, 0.15) is 24.2 Å². The van der Waals surface area contributed by atoms with Crippen LogP contribution in [0.2, 0.25) is 0 Å². The number of anilines is 1. The standard InChI is InChI=1S/C22H26N2O5S/c1-4-13-24(19-10-6-5-7-11-19)30(27,28)20-12-8-9-18(14-20)22(26)29-16-21(25)23-15-17(2)3/h4-12,14,17H,1,13,15-16H2,2-3H3,(H,23,25). The first kappa shape index (κ1) is 23.2. The van der Waals surface area contributed by atoms with E-state index in [1.807, 2.05) is 13.8 Å². The molecule has 2 aromatic rings. The van der Waals surface area contributed by atoms with Crippen LogP contribution in [0.25, 0.3) is 0 Å². The number of sulfonamides is 1. The lowest BCUT2D eigenvalue weighted by Gasteiger charge is -2.23. The van der Waals surface area contributed by atoms with E-state index in [0.717, 1.165) is 0 Å². The zero-order valence-electron chi connectivity index (χ0n) is 17.1. The van der Waals surface area contributed by atoms with Crippen LogP contribution in [-0.2, 0) is 19.6 Å². The fourth-order valence-corrected chi connectivity index (χ4v) is 4.03. The van der Waals surface area contributed by atoms with Crippen LogP contribution >= 0.6 is 0 Å². The van der Waals surface area contributed by atoms with Crippen molar-refractivity contribution in [3.05, 3.63) is 72.8 Å². The molecule has 1 amide bonds. The van der Waals surface area contributed by atoms with Gasteiger partial charge in [-0.1, -0.05) is 44.2 Å². The van der Waals surface area contributed by atoms with Gasteiger partial charge in [-0.3, -0.25) is 9.10 Å². The van der Waals surface area contributed by atoms with E-state index in [0.29, 0.717) is 12.2 Å². The highest BCUT2D eigenvalue weighted by Gasteiger charge is 2.25. The van der Waals surface area contributed by atoms with Crippen LogP contribution < -0.4 is 9.62 Å². The van der Waals surface area contributed by atoms with E-state index in [1.165, 1.54) is 34.6 Å². The van der Waals surface area contributed by atoms with E-state index in [4.69, 9.17) is 4.74 Å². The lowest BCUT2D eigenvalue weighted by atomic mass is 10.2. The molecule has 0 aliphatic heterocycles. The quantitative estimate of drug-likeness (QED) is 0.462. The third-order valence-electron chi connectivity index (χ3n) is 4.04. The number of carbonyl (C=O) groups excluding carboxylic acids is 2. The number of amides is 1. The van der Waals surface area contributed by atoms with E-state index in [2.05, 4.69) is 11.9 Å². The molecular weight excluding hydrogens is 404 g/mol. The number of ether oxygens (including phenoxy) is 1. The normalized spacial score (nSPS) is 11.0. The van der Waals surface area contributed by atoms with E-state index >= 15 is 0 Å². The van der Waals surface area contributed by atoms with Crippen molar-refractivity contribution in [3.8, 4) is 0 Å². The fraction of sp³-hybridized carbons (Fsp3) is 0.273. The molecule has 0 bridgehead atoms. The molecule has 0 unspecified atom stereocenters. The van der Waals surface area contributed by atoms with Crippen molar-refractivity contribution in [2.45, 2.75) is 18.7 Å². The first-order valence-corrected chi connectivity index (χ1v) is 10.9. The summed E-state index contributed by atoms with van der Waals surface area (Å²) in [6.07, 6.45) is 1.48. The summed E-state index contributed by atoms with van der Waals surface area (Å²) in [5.41, 5.74) is 0.520. The predicted molar refractivity (Wildman–Crippen MR) is 116 cm³/mol. The first-order valence-electron chi connectivity index (χ1n) is 9.48. The Bertz CT molecular complexity index is 988. The lowest BCUT2D eigenvalue weighted by Crippen LogP contribution is -2.32. The lowest BCUT2D eigenvalue weighted by molar-refractivity contribution is -0.124. The minimum Gasteiger partial charge on any atom is -0.452 e. The maximum atomic E-state index is 13.2. The van der Waals surface area contributed by atoms with Crippen molar-refractivity contribution in [1.82, 2.24) is 5.32 Å². The summed E-state index contributed by atoms with van der Waals surface area (Å²) in [6, 6.07) is 14.1. The summed E-state index contributed by atoms with van der Waals surface area (Å²) >= 11 is 0. The van der Waals surface area contributed by atoms with Crippen LogP contribution in [-0.4, -0.2) is 40.0 Å². The van der Waals surface area contributed by atoms with Crippen LogP contribution in [0.15, 0.2) is 72.1 Å². The second-order valence-corrected chi connectivity index (χ2v) is 8.82. The third kappa shape index (κ3) is 6.18. The minimum absolute atomic E-state index is 0.0411. The third-order valence-corrected chi connectivity index (χ3v) is 5.83.